The second kappa shape index (κ2) is 26.8. The lowest BCUT2D eigenvalue weighted by atomic mass is 10.1. The van der Waals surface area contributed by atoms with Crippen molar-refractivity contribution in [2.75, 3.05) is 39.4 Å². The van der Waals surface area contributed by atoms with Gasteiger partial charge in [-0.25, -0.2) is 16.8 Å². The number of hydrogen-bond acceptors (Lipinski definition) is 10. The fourth-order valence-electron chi connectivity index (χ4n) is 7.25. The molecule has 0 unspecified atom stereocenters. The highest BCUT2D eigenvalue weighted by molar-refractivity contribution is 7.89. The Morgan fingerprint density at radius 2 is 0.523 bits per heavy atom. The summed E-state index contributed by atoms with van der Waals surface area (Å²) in [6.45, 7) is 9.31. The predicted octanol–water partition coefficient (Wildman–Crippen LogP) is 10.3. The van der Waals surface area contributed by atoms with Crippen molar-refractivity contribution in [1.82, 2.24) is 8.61 Å². The number of aryl methyl sites for hydroxylation is 4. The summed E-state index contributed by atoms with van der Waals surface area (Å²) in [6, 6.07) is 26.9. The van der Waals surface area contributed by atoms with E-state index in [-0.39, 0.29) is 32.8 Å². The van der Waals surface area contributed by atoms with E-state index in [0.29, 0.717) is 64.7 Å². The van der Waals surface area contributed by atoms with E-state index in [2.05, 4.69) is 0 Å². The molecule has 4 rings (SSSR count). The molecular formula is C49H70N2O10S4. The highest BCUT2D eigenvalue weighted by Gasteiger charge is 2.25. The molecule has 65 heavy (non-hydrogen) atoms. The van der Waals surface area contributed by atoms with Crippen LogP contribution in [0.2, 0.25) is 0 Å². The largest absolute Gasteiger partial charge is 0.296 e. The molecule has 4 aromatic rings. The van der Waals surface area contributed by atoms with Crippen molar-refractivity contribution in [3.8, 4) is 0 Å². The fraction of sp³-hybridized carbons (Fsp3) is 0.510. The average Bonchev–Trinajstić information content (AvgIpc) is 3.26. The van der Waals surface area contributed by atoms with Crippen LogP contribution in [0.1, 0.15) is 119 Å². The van der Waals surface area contributed by atoms with Gasteiger partial charge in [-0.05, 0) is 115 Å². The van der Waals surface area contributed by atoms with Crippen LogP contribution in [0.4, 0.5) is 0 Å². The molecule has 0 atom stereocenters. The maximum absolute atomic E-state index is 13.8. The normalized spacial score (nSPS) is 12.6. The first kappa shape index (κ1) is 54.1. The summed E-state index contributed by atoms with van der Waals surface area (Å²) in [6.07, 6.45) is 11.0. The first-order valence-electron chi connectivity index (χ1n) is 23.0. The molecule has 12 nitrogen and oxygen atoms in total. The van der Waals surface area contributed by atoms with Crippen molar-refractivity contribution in [1.29, 1.82) is 0 Å². The molecule has 0 aromatic heterocycles. The molecule has 0 aliphatic carbocycles. The van der Waals surface area contributed by atoms with Gasteiger partial charge in [0.25, 0.3) is 20.2 Å². The smallest absolute Gasteiger partial charge is 0.266 e. The van der Waals surface area contributed by atoms with E-state index in [1.807, 2.05) is 27.7 Å². The van der Waals surface area contributed by atoms with Gasteiger partial charge < -0.3 is 0 Å². The summed E-state index contributed by atoms with van der Waals surface area (Å²) in [7, 11) is -15.0. The summed E-state index contributed by atoms with van der Waals surface area (Å²) in [5.41, 5.74) is 3.88. The maximum atomic E-state index is 13.8. The quantitative estimate of drug-likeness (QED) is 0.0340. The van der Waals surface area contributed by atoms with E-state index in [4.69, 9.17) is 8.37 Å². The molecule has 0 spiro atoms. The lowest BCUT2D eigenvalue weighted by Gasteiger charge is -2.23. The van der Waals surface area contributed by atoms with Gasteiger partial charge in [-0.2, -0.15) is 25.4 Å². The third-order valence-electron chi connectivity index (χ3n) is 11.3. The summed E-state index contributed by atoms with van der Waals surface area (Å²) in [4.78, 5) is 0.813. The monoisotopic (exact) mass is 974 g/mol. The molecule has 0 radical (unpaired) electrons. The Bertz CT molecular complexity index is 2290. The van der Waals surface area contributed by atoms with Crippen LogP contribution < -0.4 is 0 Å². The summed E-state index contributed by atoms with van der Waals surface area (Å²) >= 11 is 0. The molecule has 0 N–H and O–H groups in total. The molecule has 4 aromatic carbocycles. The molecule has 0 aliphatic heterocycles. The molecule has 0 aliphatic rings. The lowest BCUT2D eigenvalue weighted by Crippen LogP contribution is -2.33. The van der Waals surface area contributed by atoms with Crippen LogP contribution in [-0.2, 0) is 48.6 Å². The minimum Gasteiger partial charge on any atom is -0.266 e. The Morgan fingerprint density at radius 1 is 0.308 bits per heavy atom. The standard InChI is InChI=1S/C49H70N2O10S4/c1-42-20-28-46(29-21-42)62(52,53)50(38-16-10-6-12-18-40-60-64(56,57)48-32-24-44(3)25-33-48)36-14-8-5-9-15-37-51(63(54,55)47-30-22-43(2)23-31-47)39-17-11-7-13-19-41-61-65(58,59)49-34-26-45(4)27-35-49/h20-35H,5-19,36-41H2,1-4H3. The Kier molecular flexibility index (Phi) is 22.3. The Balaban J connectivity index is 1.20. The zero-order valence-electron chi connectivity index (χ0n) is 38.7. The molecular weight excluding hydrogens is 905 g/mol. The highest BCUT2D eigenvalue weighted by Crippen LogP contribution is 2.22. The Morgan fingerprint density at radius 3 is 0.785 bits per heavy atom. The summed E-state index contributed by atoms with van der Waals surface area (Å²) in [5.74, 6) is 0. The first-order chi connectivity index (χ1) is 30.9. The molecule has 0 heterocycles. The van der Waals surface area contributed by atoms with Crippen LogP contribution in [0.15, 0.2) is 117 Å². The fourth-order valence-corrected chi connectivity index (χ4v) is 12.2. The Hall–Kier alpha value is -3.48. The van der Waals surface area contributed by atoms with Crippen molar-refractivity contribution >= 4 is 40.3 Å². The number of rotatable bonds is 32. The summed E-state index contributed by atoms with van der Waals surface area (Å²) in [5, 5.41) is 0. The van der Waals surface area contributed by atoms with E-state index in [9.17, 15) is 33.7 Å². The second-order valence-corrected chi connectivity index (χ2v) is 24.0. The first-order valence-corrected chi connectivity index (χ1v) is 28.7. The number of benzene rings is 4. The molecule has 0 amide bonds. The van der Waals surface area contributed by atoms with Gasteiger partial charge >= 0.3 is 0 Å². The topological polar surface area (TPSA) is 161 Å². The molecule has 0 saturated carbocycles. The molecule has 0 saturated heterocycles. The zero-order chi connectivity index (χ0) is 47.4. The second-order valence-electron chi connectivity index (χ2n) is 16.9. The van der Waals surface area contributed by atoms with Gasteiger partial charge in [-0.3, -0.25) is 8.37 Å². The third kappa shape index (κ3) is 18.3. The number of hydrogen-bond donors (Lipinski definition) is 0. The van der Waals surface area contributed by atoms with Crippen LogP contribution in [0, 0.1) is 27.7 Å². The highest BCUT2D eigenvalue weighted by atomic mass is 32.2. The molecule has 0 fully saturated rings. The molecule has 360 valence electrons. The van der Waals surface area contributed by atoms with Gasteiger partial charge in [0.2, 0.25) is 20.0 Å². The van der Waals surface area contributed by atoms with Crippen LogP contribution in [-0.4, -0.2) is 81.7 Å². The van der Waals surface area contributed by atoms with Crippen molar-refractivity contribution in [3.63, 3.8) is 0 Å². The Labute approximate surface area is 391 Å². The molecule has 0 bridgehead atoms. The van der Waals surface area contributed by atoms with Crippen molar-refractivity contribution < 1.29 is 42.0 Å². The van der Waals surface area contributed by atoms with Gasteiger partial charge in [0.1, 0.15) is 0 Å². The lowest BCUT2D eigenvalue weighted by molar-refractivity contribution is 0.305. The van der Waals surface area contributed by atoms with Crippen LogP contribution >= 0.6 is 0 Å². The van der Waals surface area contributed by atoms with Crippen LogP contribution in [0.3, 0.4) is 0 Å². The average molecular weight is 975 g/mol. The SMILES string of the molecule is Cc1ccc(S(=O)(=O)OCCCCCCCN(CCCCCCCN(CCCCCCCOS(=O)(=O)c2ccc(C)cc2)S(=O)(=O)c2ccc(C)cc2)S(=O)(=O)c2ccc(C)cc2)cc1. The van der Waals surface area contributed by atoms with Gasteiger partial charge in [0.05, 0.1) is 32.8 Å². The van der Waals surface area contributed by atoms with Crippen molar-refractivity contribution in [2.45, 2.75) is 144 Å². The minimum absolute atomic E-state index is 0.0933. The number of unbranched alkanes of at least 4 members (excludes halogenated alkanes) is 12. The summed E-state index contributed by atoms with van der Waals surface area (Å²) < 4.78 is 119. The van der Waals surface area contributed by atoms with Crippen LogP contribution in [0.5, 0.6) is 0 Å². The van der Waals surface area contributed by atoms with Crippen LogP contribution in [0.25, 0.3) is 0 Å². The number of sulfonamides is 2. The zero-order valence-corrected chi connectivity index (χ0v) is 42.0. The van der Waals surface area contributed by atoms with Gasteiger partial charge in [0, 0.05) is 26.2 Å². The van der Waals surface area contributed by atoms with E-state index in [1.165, 1.54) is 24.3 Å². The van der Waals surface area contributed by atoms with Gasteiger partial charge in [-0.15, -0.1) is 0 Å². The van der Waals surface area contributed by atoms with E-state index < -0.39 is 40.3 Å². The van der Waals surface area contributed by atoms with Gasteiger partial charge in [-0.1, -0.05) is 129 Å². The molecule has 16 heteroatoms. The van der Waals surface area contributed by atoms with Crippen molar-refractivity contribution in [2.24, 2.45) is 0 Å². The predicted molar refractivity (Wildman–Crippen MR) is 258 cm³/mol. The van der Waals surface area contributed by atoms with Gasteiger partial charge in [0.15, 0.2) is 0 Å². The minimum atomic E-state index is -3.80. The van der Waals surface area contributed by atoms with E-state index in [0.717, 1.165) is 80.0 Å². The van der Waals surface area contributed by atoms with E-state index in [1.54, 1.807) is 81.4 Å². The third-order valence-corrected chi connectivity index (χ3v) is 17.8. The maximum Gasteiger partial charge on any atom is 0.296 e. The van der Waals surface area contributed by atoms with E-state index >= 15 is 0 Å². The van der Waals surface area contributed by atoms with Crippen molar-refractivity contribution in [3.05, 3.63) is 119 Å². The number of nitrogens with zero attached hydrogens (tertiary/aromatic N) is 2.